The van der Waals surface area contributed by atoms with Crippen molar-refractivity contribution in [2.24, 2.45) is 0 Å². The van der Waals surface area contributed by atoms with Crippen molar-refractivity contribution in [2.75, 3.05) is 21.3 Å². The lowest BCUT2D eigenvalue weighted by Gasteiger charge is -2.18. The van der Waals surface area contributed by atoms with Gasteiger partial charge in [-0.05, 0) is 29.3 Å². The molecule has 0 heterocycles. The van der Waals surface area contributed by atoms with Gasteiger partial charge in [0.1, 0.15) is 0 Å². The van der Waals surface area contributed by atoms with Crippen LogP contribution in [-0.4, -0.2) is 34.0 Å². The Morgan fingerprint density at radius 3 is 2.33 bits per heavy atom. The molecule has 0 saturated carbocycles. The molecule has 24 heavy (non-hydrogen) atoms. The van der Waals surface area contributed by atoms with E-state index in [-0.39, 0.29) is 12.3 Å². The SMILES string of the molecule is COc1ccc(CN(C)S(=O)(=O)Cc2ccccc2Cl)cc1OC. The Morgan fingerprint density at radius 1 is 1.04 bits per heavy atom. The van der Waals surface area contributed by atoms with Crippen LogP contribution >= 0.6 is 11.6 Å². The topological polar surface area (TPSA) is 55.8 Å². The molecular weight excluding hydrogens is 350 g/mol. The third-order valence-corrected chi connectivity index (χ3v) is 5.75. The molecule has 0 N–H and O–H groups in total. The summed E-state index contributed by atoms with van der Waals surface area (Å²) in [5.74, 6) is 1.02. The zero-order valence-electron chi connectivity index (χ0n) is 13.8. The minimum atomic E-state index is -3.49. The monoisotopic (exact) mass is 369 g/mol. The summed E-state index contributed by atoms with van der Waals surface area (Å²) < 4.78 is 36.8. The fraction of sp³-hybridized carbons (Fsp3) is 0.294. The second-order valence-corrected chi connectivity index (χ2v) is 7.78. The molecule has 2 rings (SSSR count). The summed E-state index contributed by atoms with van der Waals surface area (Å²) in [6.07, 6.45) is 0. The highest BCUT2D eigenvalue weighted by Crippen LogP contribution is 2.28. The first-order valence-electron chi connectivity index (χ1n) is 7.25. The Hall–Kier alpha value is -1.76. The molecule has 0 aliphatic carbocycles. The first-order valence-corrected chi connectivity index (χ1v) is 9.24. The summed E-state index contributed by atoms with van der Waals surface area (Å²) in [5.41, 5.74) is 1.39. The van der Waals surface area contributed by atoms with Gasteiger partial charge in [-0.15, -0.1) is 0 Å². The van der Waals surface area contributed by atoms with Crippen LogP contribution in [0, 0.1) is 0 Å². The molecule has 7 heteroatoms. The maximum atomic E-state index is 12.5. The highest BCUT2D eigenvalue weighted by molar-refractivity contribution is 7.88. The van der Waals surface area contributed by atoms with Crippen molar-refractivity contribution in [1.29, 1.82) is 0 Å². The molecule has 0 saturated heterocycles. The van der Waals surface area contributed by atoms with E-state index in [4.69, 9.17) is 21.1 Å². The molecule has 0 amide bonds. The van der Waals surface area contributed by atoms with E-state index in [9.17, 15) is 8.42 Å². The molecule has 0 fully saturated rings. The van der Waals surface area contributed by atoms with E-state index in [1.54, 1.807) is 57.7 Å². The van der Waals surface area contributed by atoms with E-state index in [1.807, 2.05) is 6.07 Å². The number of nitrogens with zero attached hydrogens (tertiary/aromatic N) is 1. The number of rotatable bonds is 7. The first kappa shape index (κ1) is 18.6. The molecule has 0 radical (unpaired) electrons. The molecule has 130 valence electrons. The number of hydrogen-bond acceptors (Lipinski definition) is 4. The van der Waals surface area contributed by atoms with Crippen molar-refractivity contribution in [2.45, 2.75) is 12.3 Å². The van der Waals surface area contributed by atoms with Gasteiger partial charge >= 0.3 is 0 Å². The van der Waals surface area contributed by atoms with Gasteiger partial charge in [0, 0.05) is 18.6 Å². The molecule has 0 aliphatic heterocycles. The van der Waals surface area contributed by atoms with Crippen molar-refractivity contribution in [3.05, 3.63) is 58.6 Å². The van der Waals surface area contributed by atoms with Crippen molar-refractivity contribution in [3.8, 4) is 11.5 Å². The molecule has 0 atom stereocenters. The molecule has 0 bridgehead atoms. The van der Waals surface area contributed by atoms with Gasteiger partial charge in [0.15, 0.2) is 11.5 Å². The number of benzene rings is 2. The highest BCUT2D eigenvalue weighted by atomic mass is 35.5. The van der Waals surface area contributed by atoms with Gasteiger partial charge in [-0.3, -0.25) is 0 Å². The van der Waals surface area contributed by atoms with Gasteiger partial charge in [0.25, 0.3) is 0 Å². The quantitative estimate of drug-likeness (QED) is 0.751. The van der Waals surface area contributed by atoms with Crippen molar-refractivity contribution >= 4 is 21.6 Å². The second-order valence-electron chi connectivity index (χ2n) is 5.29. The van der Waals surface area contributed by atoms with Crippen molar-refractivity contribution < 1.29 is 17.9 Å². The van der Waals surface area contributed by atoms with Gasteiger partial charge in [-0.25, -0.2) is 12.7 Å². The molecule has 0 spiro atoms. The Labute approximate surface area is 147 Å². The van der Waals surface area contributed by atoms with Crippen LogP contribution in [0.15, 0.2) is 42.5 Å². The molecular formula is C17H20ClNO4S. The maximum Gasteiger partial charge on any atom is 0.218 e. The van der Waals surface area contributed by atoms with Crippen LogP contribution in [0.1, 0.15) is 11.1 Å². The fourth-order valence-corrected chi connectivity index (χ4v) is 3.75. The van der Waals surface area contributed by atoms with E-state index in [0.717, 1.165) is 5.56 Å². The largest absolute Gasteiger partial charge is 0.493 e. The third-order valence-electron chi connectivity index (χ3n) is 3.62. The predicted octanol–water partition coefficient (Wildman–Crippen LogP) is 3.32. The lowest BCUT2D eigenvalue weighted by Crippen LogP contribution is -2.27. The Bertz CT molecular complexity index is 808. The second kappa shape index (κ2) is 7.88. The standard InChI is InChI=1S/C17H20ClNO4S/c1-19(11-13-8-9-16(22-2)17(10-13)23-3)24(20,21)12-14-6-4-5-7-15(14)18/h4-10H,11-12H2,1-3H3. The lowest BCUT2D eigenvalue weighted by atomic mass is 10.2. The van der Waals surface area contributed by atoms with Gasteiger partial charge in [0.2, 0.25) is 10.0 Å². The normalized spacial score (nSPS) is 11.5. The Morgan fingerprint density at radius 2 is 1.71 bits per heavy atom. The number of hydrogen-bond donors (Lipinski definition) is 0. The van der Waals surface area contributed by atoms with Gasteiger partial charge in [-0.1, -0.05) is 35.9 Å². The molecule has 0 aromatic heterocycles. The number of halogens is 1. The van der Waals surface area contributed by atoms with E-state index in [0.29, 0.717) is 22.1 Å². The van der Waals surface area contributed by atoms with E-state index < -0.39 is 10.0 Å². The highest BCUT2D eigenvalue weighted by Gasteiger charge is 2.20. The van der Waals surface area contributed by atoms with Crippen LogP contribution in [0.5, 0.6) is 11.5 Å². The van der Waals surface area contributed by atoms with E-state index >= 15 is 0 Å². The fourth-order valence-electron chi connectivity index (χ4n) is 2.26. The summed E-state index contributed by atoms with van der Waals surface area (Å²) in [5, 5.41) is 0.445. The Kier molecular flexibility index (Phi) is 6.10. The van der Waals surface area contributed by atoms with Gasteiger partial charge in [0.05, 0.1) is 20.0 Å². The van der Waals surface area contributed by atoms with Crippen LogP contribution in [0.3, 0.4) is 0 Å². The van der Waals surface area contributed by atoms with Crippen LogP contribution < -0.4 is 9.47 Å². The summed E-state index contributed by atoms with van der Waals surface area (Å²) in [6, 6.07) is 12.3. The van der Waals surface area contributed by atoms with E-state index in [1.165, 1.54) is 4.31 Å². The summed E-state index contributed by atoms with van der Waals surface area (Å²) >= 11 is 6.05. The summed E-state index contributed by atoms with van der Waals surface area (Å²) in [7, 11) is 1.15. The zero-order valence-corrected chi connectivity index (χ0v) is 15.4. The number of sulfonamides is 1. The smallest absolute Gasteiger partial charge is 0.218 e. The maximum absolute atomic E-state index is 12.5. The minimum absolute atomic E-state index is 0.142. The lowest BCUT2D eigenvalue weighted by molar-refractivity contribution is 0.354. The first-order chi connectivity index (χ1) is 11.4. The zero-order chi connectivity index (χ0) is 17.7. The van der Waals surface area contributed by atoms with Crippen LogP contribution in [0.25, 0.3) is 0 Å². The summed E-state index contributed by atoms with van der Waals surface area (Å²) in [6.45, 7) is 0.229. The molecule has 2 aromatic carbocycles. The van der Waals surface area contributed by atoms with Crippen LogP contribution in [0.4, 0.5) is 0 Å². The average molecular weight is 370 g/mol. The average Bonchev–Trinajstić information content (AvgIpc) is 2.56. The predicted molar refractivity (Wildman–Crippen MR) is 95.1 cm³/mol. The van der Waals surface area contributed by atoms with E-state index in [2.05, 4.69) is 0 Å². The molecule has 0 aliphatic rings. The number of methoxy groups -OCH3 is 2. The van der Waals surface area contributed by atoms with Gasteiger partial charge in [-0.2, -0.15) is 0 Å². The molecule has 5 nitrogen and oxygen atoms in total. The van der Waals surface area contributed by atoms with Crippen molar-refractivity contribution in [1.82, 2.24) is 4.31 Å². The minimum Gasteiger partial charge on any atom is -0.493 e. The Balaban J connectivity index is 2.16. The number of ether oxygens (including phenoxy) is 2. The van der Waals surface area contributed by atoms with Crippen molar-refractivity contribution in [3.63, 3.8) is 0 Å². The summed E-state index contributed by atoms with van der Waals surface area (Å²) in [4.78, 5) is 0. The molecule has 2 aromatic rings. The van der Waals surface area contributed by atoms with Crippen LogP contribution in [0.2, 0.25) is 5.02 Å². The van der Waals surface area contributed by atoms with Crippen LogP contribution in [-0.2, 0) is 22.3 Å². The third kappa shape index (κ3) is 4.41. The molecule has 0 unspecified atom stereocenters. The van der Waals surface area contributed by atoms with Gasteiger partial charge < -0.3 is 9.47 Å².